The summed E-state index contributed by atoms with van der Waals surface area (Å²) < 4.78 is 58.1. The number of nitrogens with zero attached hydrogens (tertiary/aromatic N) is 1. The molecule has 0 saturated carbocycles. The van der Waals surface area contributed by atoms with Crippen molar-refractivity contribution < 1.29 is 27.1 Å². The highest BCUT2D eigenvalue weighted by Gasteiger charge is 2.50. The number of hydrogen-bond acceptors (Lipinski definition) is 4. The van der Waals surface area contributed by atoms with Crippen LogP contribution in [0.2, 0.25) is 0 Å². The smallest absolute Gasteiger partial charge is 0.380 e. The molecule has 1 saturated heterocycles. The maximum Gasteiger partial charge on any atom is 0.471 e. The number of nitriles is 1. The molecule has 136 valence electrons. The lowest BCUT2D eigenvalue weighted by Gasteiger charge is -2.39. The van der Waals surface area contributed by atoms with Crippen LogP contribution in [0.15, 0.2) is 24.3 Å². The number of ether oxygens (including phenoxy) is 1. The number of nitrogens with one attached hydrogen (secondary N) is 1. The van der Waals surface area contributed by atoms with E-state index in [9.17, 15) is 22.4 Å². The first-order chi connectivity index (χ1) is 11.7. The van der Waals surface area contributed by atoms with E-state index in [-0.39, 0.29) is 29.8 Å². The molecule has 1 N–H and O–H groups in total. The van der Waals surface area contributed by atoms with Crippen LogP contribution in [0.5, 0.6) is 0 Å². The SMILES string of the molecule is C[C@@](NC(=O)C(F)(F)F)(c1ccccc1F)[C@H]1COC[C@@H]1SCC#N. The summed E-state index contributed by atoms with van der Waals surface area (Å²) in [5.74, 6) is -3.38. The predicted octanol–water partition coefficient (Wildman–Crippen LogP) is 2.99. The van der Waals surface area contributed by atoms with Crippen molar-refractivity contribution in [2.75, 3.05) is 19.0 Å². The van der Waals surface area contributed by atoms with E-state index in [1.54, 1.807) is 0 Å². The van der Waals surface area contributed by atoms with Crippen LogP contribution in [0.25, 0.3) is 0 Å². The molecular weight excluding hydrogens is 360 g/mol. The number of rotatable bonds is 5. The minimum absolute atomic E-state index is 0.0477. The number of amides is 1. The number of halogens is 4. The molecule has 1 aliphatic rings. The largest absolute Gasteiger partial charge is 0.471 e. The second-order valence-electron chi connectivity index (χ2n) is 5.79. The van der Waals surface area contributed by atoms with Crippen molar-refractivity contribution in [3.63, 3.8) is 0 Å². The molecule has 3 atom stereocenters. The summed E-state index contributed by atoms with van der Waals surface area (Å²) >= 11 is 1.21. The minimum Gasteiger partial charge on any atom is -0.380 e. The summed E-state index contributed by atoms with van der Waals surface area (Å²) in [7, 11) is 0. The Labute approximate surface area is 146 Å². The molecule has 0 spiro atoms. The highest BCUT2D eigenvalue weighted by atomic mass is 32.2. The van der Waals surface area contributed by atoms with Crippen molar-refractivity contribution in [2.24, 2.45) is 5.92 Å². The average molecular weight is 376 g/mol. The van der Waals surface area contributed by atoms with Crippen LogP contribution in [0.3, 0.4) is 0 Å². The highest BCUT2D eigenvalue weighted by Crippen LogP contribution is 2.41. The Bertz CT molecular complexity index is 677. The van der Waals surface area contributed by atoms with Crippen LogP contribution in [0.4, 0.5) is 17.6 Å². The molecular formula is C16H16F4N2O2S. The van der Waals surface area contributed by atoms with Gasteiger partial charge in [0.25, 0.3) is 0 Å². The molecule has 2 rings (SSSR count). The van der Waals surface area contributed by atoms with Crippen molar-refractivity contribution in [2.45, 2.75) is 23.9 Å². The Kier molecular flexibility index (Phi) is 5.95. The number of alkyl halides is 3. The highest BCUT2D eigenvalue weighted by molar-refractivity contribution is 8.00. The molecule has 0 aromatic heterocycles. The third kappa shape index (κ3) is 4.25. The lowest BCUT2D eigenvalue weighted by Crippen LogP contribution is -2.55. The van der Waals surface area contributed by atoms with Gasteiger partial charge < -0.3 is 10.1 Å². The van der Waals surface area contributed by atoms with Gasteiger partial charge in [0.05, 0.1) is 30.6 Å². The zero-order valence-electron chi connectivity index (χ0n) is 13.3. The van der Waals surface area contributed by atoms with Gasteiger partial charge in [-0.3, -0.25) is 4.79 Å². The third-order valence-electron chi connectivity index (χ3n) is 4.20. The summed E-state index contributed by atoms with van der Waals surface area (Å²) in [5, 5.41) is 10.3. The summed E-state index contributed by atoms with van der Waals surface area (Å²) in [4.78, 5) is 11.6. The standard InChI is InChI=1S/C16H16F4N2O2S/c1-15(22-14(23)16(18,19)20,10-4-2-3-5-12(10)17)11-8-24-9-13(11)25-7-6-21/h2-5,11,13H,7-9H2,1H3,(H,22,23)/t11-,13-,15+/m0/s1. The zero-order chi connectivity index (χ0) is 18.7. The van der Waals surface area contributed by atoms with Gasteiger partial charge in [-0.2, -0.15) is 18.4 Å². The molecule has 4 nitrogen and oxygen atoms in total. The Balaban J connectivity index is 2.44. The number of hydrogen-bond donors (Lipinski definition) is 1. The summed E-state index contributed by atoms with van der Waals surface area (Å²) in [6.45, 7) is 1.61. The Morgan fingerprint density at radius 1 is 1.40 bits per heavy atom. The Morgan fingerprint density at radius 2 is 2.08 bits per heavy atom. The van der Waals surface area contributed by atoms with E-state index in [1.165, 1.54) is 36.9 Å². The van der Waals surface area contributed by atoms with Crippen LogP contribution in [-0.4, -0.2) is 36.3 Å². The molecule has 1 heterocycles. The quantitative estimate of drug-likeness (QED) is 0.803. The van der Waals surface area contributed by atoms with E-state index in [0.717, 1.165) is 6.07 Å². The first kappa shape index (κ1) is 19.5. The van der Waals surface area contributed by atoms with E-state index in [1.807, 2.05) is 11.4 Å². The predicted molar refractivity (Wildman–Crippen MR) is 84.1 cm³/mol. The van der Waals surface area contributed by atoms with Crippen molar-refractivity contribution >= 4 is 17.7 Å². The normalized spacial score (nSPS) is 22.9. The van der Waals surface area contributed by atoms with E-state index < -0.39 is 29.4 Å². The van der Waals surface area contributed by atoms with Gasteiger partial charge in [0, 0.05) is 16.7 Å². The molecule has 9 heteroatoms. The van der Waals surface area contributed by atoms with Gasteiger partial charge in [-0.15, -0.1) is 11.8 Å². The second-order valence-corrected chi connectivity index (χ2v) is 7.01. The Morgan fingerprint density at radius 3 is 2.68 bits per heavy atom. The second kappa shape index (κ2) is 7.62. The summed E-state index contributed by atoms with van der Waals surface area (Å²) in [5.41, 5.74) is -1.69. The van der Waals surface area contributed by atoms with Crippen LogP contribution in [-0.2, 0) is 15.1 Å². The molecule has 1 fully saturated rings. The van der Waals surface area contributed by atoms with Gasteiger partial charge in [0.2, 0.25) is 0 Å². The van der Waals surface area contributed by atoms with Gasteiger partial charge in [-0.25, -0.2) is 4.39 Å². The van der Waals surface area contributed by atoms with Gasteiger partial charge in [-0.05, 0) is 13.0 Å². The lowest BCUT2D eigenvalue weighted by molar-refractivity contribution is -0.176. The number of carbonyl (C=O) groups excluding carboxylic acids is 1. The third-order valence-corrected chi connectivity index (χ3v) is 5.38. The maximum atomic E-state index is 14.3. The fourth-order valence-corrected chi connectivity index (χ4v) is 3.99. The minimum atomic E-state index is -5.10. The molecule has 1 aliphatic heterocycles. The molecule has 0 aliphatic carbocycles. The first-order valence-electron chi connectivity index (χ1n) is 7.40. The molecule has 1 aromatic carbocycles. The van der Waals surface area contributed by atoms with Gasteiger partial charge in [0.15, 0.2) is 0 Å². The molecule has 25 heavy (non-hydrogen) atoms. The lowest BCUT2D eigenvalue weighted by atomic mass is 9.78. The van der Waals surface area contributed by atoms with E-state index in [4.69, 9.17) is 10.00 Å². The first-order valence-corrected chi connectivity index (χ1v) is 8.45. The molecule has 0 radical (unpaired) electrons. The fraction of sp³-hybridized carbons (Fsp3) is 0.500. The van der Waals surface area contributed by atoms with Crippen molar-refractivity contribution in [3.8, 4) is 6.07 Å². The van der Waals surface area contributed by atoms with Crippen molar-refractivity contribution in [1.82, 2.24) is 5.32 Å². The van der Waals surface area contributed by atoms with Gasteiger partial charge in [-0.1, -0.05) is 18.2 Å². The molecule has 0 unspecified atom stereocenters. The average Bonchev–Trinajstić information content (AvgIpc) is 3.01. The topological polar surface area (TPSA) is 62.1 Å². The zero-order valence-corrected chi connectivity index (χ0v) is 14.1. The van der Waals surface area contributed by atoms with E-state index in [2.05, 4.69) is 0 Å². The van der Waals surface area contributed by atoms with Gasteiger partial charge in [0.1, 0.15) is 5.82 Å². The summed E-state index contributed by atoms with van der Waals surface area (Å²) in [6, 6.07) is 7.32. The molecule has 1 aromatic rings. The van der Waals surface area contributed by atoms with E-state index >= 15 is 0 Å². The van der Waals surface area contributed by atoms with Crippen molar-refractivity contribution in [1.29, 1.82) is 5.26 Å². The van der Waals surface area contributed by atoms with Crippen LogP contribution in [0.1, 0.15) is 12.5 Å². The molecule has 0 bridgehead atoms. The molecule has 1 amide bonds. The Hall–Kier alpha value is -1.79. The number of thioether (sulfide) groups is 1. The van der Waals surface area contributed by atoms with Crippen LogP contribution >= 0.6 is 11.8 Å². The van der Waals surface area contributed by atoms with Gasteiger partial charge >= 0.3 is 12.1 Å². The van der Waals surface area contributed by atoms with Crippen LogP contribution < -0.4 is 5.32 Å². The maximum absolute atomic E-state index is 14.3. The van der Waals surface area contributed by atoms with Crippen LogP contribution in [0, 0.1) is 23.1 Å². The summed E-state index contributed by atoms with van der Waals surface area (Å²) in [6.07, 6.45) is -5.10. The van der Waals surface area contributed by atoms with E-state index in [0.29, 0.717) is 0 Å². The van der Waals surface area contributed by atoms with Crippen molar-refractivity contribution in [3.05, 3.63) is 35.6 Å². The monoisotopic (exact) mass is 376 g/mol. The fourth-order valence-electron chi connectivity index (χ4n) is 2.93. The number of benzene rings is 1. The number of carbonyl (C=O) groups is 1.